The first-order chi connectivity index (χ1) is 7.81. The number of nitrogens with zero attached hydrogens (tertiary/aromatic N) is 1. The maximum Gasteiger partial charge on any atom is 0.207 e. The molecular weight excluding hydrogens is 220 g/mol. The van der Waals surface area contributed by atoms with Gasteiger partial charge in [-0.1, -0.05) is 0 Å². The van der Waals surface area contributed by atoms with Gasteiger partial charge < -0.3 is 4.98 Å². The molecule has 0 saturated heterocycles. The molecule has 0 amide bonds. The highest BCUT2D eigenvalue weighted by Crippen LogP contribution is 2.34. The predicted octanol–water partition coefficient (Wildman–Crippen LogP) is 2.05. The number of H-pyrrole nitrogens is 1. The van der Waals surface area contributed by atoms with Crippen molar-refractivity contribution in [3.05, 3.63) is 39.7 Å². The maximum atomic E-state index is 12.1. The normalized spacial score (nSPS) is 13.7. The molecule has 4 heteroatoms. The Labute approximate surface area is 96.1 Å². The molecule has 2 aromatic rings. The molecule has 3 rings (SSSR count). The van der Waals surface area contributed by atoms with Crippen molar-refractivity contribution in [2.45, 2.75) is 11.3 Å². The highest BCUT2D eigenvalue weighted by Gasteiger charge is 2.17. The smallest absolute Gasteiger partial charge is 0.207 e. The summed E-state index contributed by atoms with van der Waals surface area (Å²) in [6.07, 6.45) is 2.40. The molecule has 16 heavy (non-hydrogen) atoms. The van der Waals surface area contributed by atoms with Crippen LogP contribution in [0.4, 0.5) is 0 Å². The standard InChI is InChI=1S/C12H8N2OS/c13-5-7-6-14-9-1-2-10-8(3-4-16-10)11(9)12(7)15/h1-2,6H,3-4H2,(H,14,15). The SMILES string of the molecule is N#Cc1c[nH]c2ccc3c(c2c1=O)CCS3. The lowest BCUT2D eigenvalue weighted by Gasteiger charge is -2.03. The molecule has 0 aliphatic carbocycles. The minimum atomic E-state index is -0.143. The molecule has 3 nitrogen and oxygen atoms in total. The van der Waals surface area contributed by atoms with E-state index >= 15 is 0 Å². The lowest BCUT2D eigenvalue weighted by atomic mass is 10.0. The Hall–Kier alpha value is -1.73. The number of hydrogen-bond acceptors (Lipinski definition) is 3. The molecule has 0 bridgehead atoms. The van der Waals surface area contributed by atoms with Crippen LogP contribution in [0.5, 0.6) is 0 Å². The van der Waals surface area contributed by atoms with E-state index in [9.17, 15) is 4.79 Å². The quantitative estimate of drug-likeness (QED) is 0.750. The van der Waals surface area contributed by atoms with Crippen LogP contribution in [0.2, 0.25) is 0 Å². The second-order valence-corrected chi connectivity index (χ2v) is 4.84. The predicted molar refractivity (Wildman–Crippen MR) is 63.7 cm³/mol. The summed E-state index contributed by atoms with van der Waals surface area (Å²) in [7, 11) is 0. The van der Waals surface area contributed by atoms with Crippen molar-refractivity contribution in [3.8, 4) is 6.07 Å². The zero-order valence-electron chi connectivity index (χ0n) is 8.41. The van der Waals surface area contributed by atoms with Gasteiger partial charge in [-0.15, -0.1) is 11.8 Å². The fourth-order valence-electron chi connectivity index (χ4n) is 2.09. The molecule has 0 radical (unpaired) electrons. The zero-order valence-corrected chi connectivity index (χ0v) is 9.23. The van der Waals surface area contributed by atoms with Crippen LogP contribution in [0, 0.1) is 11.3 Å². The summed E-state index contributed by atoms with van der Waals surface area (Å²) >= 11 is 1.77. The van der Waals surface area contributed by atoms with Crippen molar-refractivity contribution in [3.63, 3.8) is 0 Å². The van der Waals surface area contributed by atoms with Crippen LogP contribution in [-0.2, 0) is 6.42 Å². The van der Waals surface area contributed by atoms with Gasteiger partial charge in [0.25, 0.3) is 0 Å². The van der Waals surface area contributed by atoms with Gasteiger partial charge in [-0.3, -0.25) is 4.79 Å². The van der Waals surface area contributed by atoms with Crippen molar-refractivity contribution in [1.29, 1.82) is 5.26 Å². The van der Waals surface area contributed by atoms with Crippen molar-refractivity contribution in [2.75, 3.05) is 5.75 Å². The average molecular weight is 228 g/mol. The molecule has 1 N–H and O–H groups in total. The van der Waals surface area contributed by atoms with E-state index in [-0.39, 0.29) is 11.0 Å². The second-order valence-electron chi connectivity index (χ2n) is 3.71. The van der Waals surface area contributed by atoms with Gasteiger partial charge >= 0.3 is 0 Å². The van der Waals surface area contributed by atoms with Gasteiger partial charge in [0.05, 0.1) is 5.39 Å². The summed E-state index contributed by atoms with van der Waals surface area (Å²) in [5.41, 5.74) is 1.97. The van der Waals surface area contributed by atoms with Gasteiger partial charge in [0.2, 0.25) is 5.43 Å². The minimum Gasteiger partial charge on any atom is -0.360 e. The maximum absolute atomic E-state index is 12.1. The lowest BCUT2D eigenvalue weighted by Crippen LogP contribution is -2.09. The number of nitriles is 1. The third-order valence-electron chi connectivity index (χ3n) is 2.84. The number of nitrogens with one attached hydrogen (secondary N) is 1. The largest absolute Gasteiger partial charge is 0.360 e. The monoisotopic (exact) mass is 228 g/mol. The van der Waals surface area contributed by atoms with E-state index in [1.54, 1.807) is 11.8 Å². The molecular formula is C12H8N2OS. The molecule has 0 saturated carbocycles. The van der Waals surface area contributed by atoms with Gasteiger partial charge in [0.1, 0.15) is 11.6 Å². The molecule has 0 spiro atoms. The number of aromatic amines is 1. The van der Waals surface area contributed by atoms with E-state index < -0.39 is 0 Å². The number of pyridine rings is 1. The number of benzene rings is 1. The highest BCUT2D eigenvalue weighted by atomic mass is 32.2. The molecule has 0 unspecified atom stereocenters. The second kappa shape index (κ2) is 3.39. The van der Waals surface area contributed by atoms with Crippen LogP contribution >= 0.6 is 11.8 Å². The summed E-state index contributed by atoms with van der Waals surface area (Å²) in [5, 5.41) is 9.55. The van der Waals surface area contributed by atoms with E-state index in [2.05, 4.69) is 4.98 Å². The third-order valence-corrected chi connectivity index (χ3v) is 3.95. The van der Waals surface area contributed by atoms with Crippen LogP contribution < -0.4 is 5.43 Å². The molecule has 0 fully saturated rings. The first-order valence-electron chi connectivity index (χ1n) is 5.01. The van der Waals surface area contributed by atoms with E-state index in [4.69, 9.17) is 5.26 Å². The molecule has 0 atom stereocenters. The Morgan fingerprint density at radius 3 is 3.12 bits per heavy atom. The van der Waals surface area contributed by atoms with E-state index in [1.807, 2.05) is 18.2 Å². The van der Waals surface area contributed by atoms with E-state index in [1.165, 1.54) is 11.1 Å². The van der Waals surface area contributed by atoms with E-state index in [0.29, 0.717) is 5.39 Å². The number of hydrogen-bond donors (Lipinski definition) is 1. The molecule has 78 valence electrons. The Morgan fingerprint density at radius 1 is 1.44 bits per heavy atom. The average Bonchev–Trinajstić information content (AvgIpc) is 2.77. The van der Waals surface area contributed by atoms with Crippen LogP contribution in [0.1, 0.15) is 11.1 Å². The summed E-state index contributed by atoms with van der Waals surface area (Å²) in [4.78, 5) is 16.3. The summed E-state index contributed by atoms with van der Waals surface area (Å²) < 4.78 is 0. The van der Waals surface area contributed by atoms with Crippen molar-refractivity contribution in [2.24, 2.45) is 0 Å². The van der Waals surface area contributed by atoms with Gasteiger partial charge in [0, 0.05) is 22.4 Å². The van der Waals surface area contributed by atoms with Crippen LogP contribution in [0.3, 0.4) is 0 Å². The van der Waals surface area contributed by atoms with Crippen molar-refractivity contribution < 1.29 is 0 Å². The van der Waals surface area contributed by atoms with Crippen molar-refractivity contribution in [1.82, 2.24) is 4.98 Å². The third kappa shape index (κ3) is 1.18. The van der Waals surface area contributed by atoms with Gasteiger partial charge in [-0.2, -0.15) is 5.26 Å². The fraction of sp³-hybridized carbons (Fsp3) is 0.167. The van der Waals surface area contributed by atoms with Gasteiger partial charge in [-0.05, 0) is 24.1 Å². The first-order valence-corrected chi connectivity index (χ1v) is 6.00. The zero-order chi connectivity index (χ0) is 11.1. The van der Waals surface area contributed by atoms with Crippen LogP contribution in [0.25, 0.3) is 10.9 Å². The Morgan fingerprint density at radius 2 is 2.31 bits per heavy atom. The number of aryl methyl sites for hydroxylation is 1. The first kappa shape index (κ1) is 9.49. The minimum absolute atomic E-state index is 0.143. The Kier molecular flexibility index (Phi) is 2.01. The molecule has 1 aromatic carbocycles. The molecule has 1 aliphatic rings. The summed E-state index contributed by atoms with van der Waals surface area (Å²) in [5.74, 6) is 1.02. The number of thioether (sulfide) groups is 1. The lowest BCUT2D eigenvalue weighted by molar-refractivity contribution is 1.16. The fourth-order valence-corrected chi connectivity index (χ4v) is 3.16. The number of rotatable bonds is 0. The summed E-state index contributed by atoms with van der Waals surface area (Å²) in [6, 6.07) is 5.88. The topological polar surface area (TPSA) is 56.6 Å². The van der Waals surface area contributed by atoms with Gasteiger partial charge in [-0.25, -0.2) is 0 Å². The van der Waals surface area contributed by atoms with Crippen LogP contribution in [-0.4, -0.2) is 10.7 Å². The van der Waals surface area contributed by atoms with Crippen LogP contribution in [0.15, 0.2) is 28.0 Å². The molecule has 1 aromatic heterocycles. The highest BCUT2D eigenvalue weighted by molar-refractivity contribution is 7.99. The number of aromatic nitrogens is 1. The summed E-state index contributed by atoms with van der Waals surface area (Å²) in [6.45, 7) is 0. The number of fused-ring (bicyclic) bond motifs is 3. The van der Waals surface area contributed by atoms with E-state index in [0.717, 1.165) is 23.3 Å². The Balaban J connectivity index is 2.51. The van der Waals surface area contributed by atoms with Gasteiger partial charge in [0.15, 0.2) is 0 Å². The Bertz CT molecular complexity index is 682. The molecule has 2 heterocycles. The molecule has 1 aliphatic heterocycles. The van der Waals surface area contributed by atoms with Crippen molar-refractivity contribution >= 4 is 22.7 Å².